The molecule has 2 saturated heterocycles. The van der Waals surface area contributed by atoms with E-state index in [1.807, 2.05) is 0 Å². The molecule has 0 amide bonds. The van der Waals surface area contributed by atoms with Crippen molar-refractivity contribution in [2.24, 2.45) is 11.8 Å². The summed E-state index contributed by atoms with van der Waals surface area (Å²) in [7, 11) is -3.10. The summed E-state index contributed by atoms with van der Waals surface area (Å²) >= 11 is 0. The molecule has 0 spiro atoms. The molecule has 0 saturated carbocycles. The number of carbonyl (C=O) groups excluding carboxylic acids is 1. The number of piperidine rings is 1. The molecule has 2 fully saturated rings. The van der Waals surface area contributed by atoms with Crippen LogP contribution in [-0.4, -0.2) is 50.9 Å². The summed E-state index contributed by atoms with van der Waals surface area (Å²) < 4.78 is 24.6. The zero-order valence-corrected chi connectivity index (χ0v) is 12.4. The maximum atomic E-state index is 12.0. The lowest BCUT2D eigenvalue weighted by Gasteiger charge is -2.30. The maximum Gasteiger partial charge on any atom is 0.211 e. The smallest absolute Gasteiger partial charge is 0.211 e. The summed E-state index contributed by atoms with van der Waals surface area (Å²) in [6, 6.07) is 0. The Hall–Kier alpha value is -0.460. The zero-order valence-electron chi connectivity index (χ0n) is 11.6. The Morgan fingerprint density at radius 3 is 2.63 bits per heavy atom. The number of nitrogens with one attached hydrogen (secondary N) is 1. The molecular weight excluding hydrogens is 264 g/mol. The monoisotopic (exact) mass is 288 g/mol. The molecule has 0 radical (unpaired) electrons. The van der Waals surface area contributed by atoms with E-state index in [1.165, 1.54) is 10.6 Å². The van der Waals surface area contributed by atoms with Crippen LogP contribution in [0.2, 0.25) is 0 Å². The van der Waals surface area contributed by atoms with E-state index >= 15 is 0 Å². The van der Waals surface area contributed by atoms with Crippen LogP contribution in [0.3, 0.4) is 0 Å². The molecular formula is C13H24N2O3S. The molecule has 2 aliphatic heterocycles. The average molecular weight is 288 g/mol. The van der Waals surface area contributed by atoms with Gasteiger partial charge in [0, 0.05) is 25.9 Å². The van der Waals surface area contributed by atoms with Crippen molar-refractivity contribution in [2.45, 2.75) is 32.1 Å². The molecule has 2 aliphatic rings. The van der Waals surface area contributed by atoms with Gasteiger partial charge >= 0.3 is 0 Å². The van der Waals surface area contributed by atoms with Crippen molar-refractivity contribution in [3.63, 3.8) is 0 Å². The Morgan fingerprint density at radius 2 is 2.00 bits per heavy atom. The first kappa shape index (κ1) is 14.9. The lowest BCUT2D eigenvalue weighted by atomic mass is 9.90. The molecule has 110 valence electrons. The van der Waals surface area contributed by atoms with Gasteiger partial charge in [0.25, 0.3) is 0 Å². The second-order valence-electron chi connectivity index (χ2n) is 5.94. The standard InChI is InChI=1S/C13H24N2O3S/c1-19(17,18)15-6-2-3-12(10-15)8-13(16)7-11-4-5-14-9-11/h11-12,14H,2-10H2,1H3. The van der Waals surface area contributed by atoms with Crippen LogP contribution in [0.4, 0.5) is 0 Å². The van der Waals surface area contributed by atoms with Crippen molar-refractivity contribution >= 4 is 15.8 Å². The number of sulfonamides is 1. The third-order valence-electron chi connectivity index (χ3n) is 4.15. The SMILES string of the molecule is CS(=O)(=O)N1CCCC(CC(=O)CC2CCNC2)C1. The molecule has 0 aromatic carbocycles. The number of nitrogens with zero attached hydrogens (tertiary/aromatic N) is 1. The molecule has 0 aliphatic carbocycles. The van der Waals surface area contributed by atoms with Crippen LogP contribution in [-0.2, 0) is 14.8 Å². The molecule has 5 nitrogen and oxygen atoms in total. The topological polar surface area (TPSA) is 66.5 Å². The van der Waals surface area contributed by atoms with Gasteiger partial charge in [-0.15, -0.1) is 0 Å². The fourth-order valence-electron chi connectivity index (χ4n) is 3.11. The summed E-state index contributed by atoms with van der Waals surface area (Å²) in [6.45, 7) is 3.10. The van der Waals surface area contributed by atoms with Crippen LogP contribution in [0.25, 0.3) is 0 Å². The summed E-state index contributed by atoms with van der Waals surface area (Å²) in [6.07, 6.45) is 5.38. The van der Waals surface area contributed by atoms with E-state index in [0.717, 1.165) is 32.4 Å². The molecule has 2 atom stereocenters. The Morgan fingerprint density at radius 1 is 1.26 bits per heavy atom. The average Bonchev–Trinajstić information content (AvgIpc) is 2.80. The summed E-state index contributed by atoms with van der Waals surface area (Å²) in [4.78, 5) is 12.0. The highest BCUT2D eigenvalue weighted by atomic mass is 32.2. The van der Waals surface area contributed by atoms with Gasteiger partial charge in [-0.05, 0) is 44.2 Å². The second-order valence-corrected chi connectivity index (χ2v) is 7.92. The van der Waals surface area contributed by atoms with Gasteiger partial charge in [-0.25, -0.2) is 12.7 Å². The lowest BCUT2D eigenvalue weighted by molar-refractivity contribution is -0.121. The number of carbonyl (C=O) groups is 1. The van der Waals surface area contributed by atoms with Crippen molar-refractivity contribution in [3.8, 4) is 0 Å². The molecule has 0 bridgehead atoms. The minimum absolute atomic E-state index is 0.213. The molecule has 2 heterocycles. The first-order valence-corrected chi connectivity index (χ1v) is 8.97. The van der Waals surface area contributed by atoms with E-state index in [0.29, 0.717) is 37.6 Å². The largest absolute Gasteiger partial charge is 0.316 e. The van der Waals surface area contributed by atoms with Crippen LogP contribution < -0.4 is 5.32 Å². The van der Waals surface area contributed by atoms with E-state index in [2.05, 4.69) is 5.32 Å². The molecule has 0 aromatic heterocycles. The van der Waals surface area contributed by atoms with Crippen molar-refractivity contribution in [2.75, 3.05) is 32.4 Å². The summed E-state index contributed by atoms with van der Waals surface area (Å²) in [5, 5.41) is 3.27. The van der Waals surface area contributed by atoms with Gasteiger partial charge in [0.05, 0.1) is 6.26 Å². The second kappa shape index (κ2) is 6.33. The Labute approximate surface area is 115 Å². The fraction of sp³-hybridized carbons (Fsp3) is 0.923. The molecule has 0 aromatic rings. The van der Waals surface area contributed by atoms with Gasteiger partial charge in [-0.3, -0.25) is 4.79 Å². The number of Topliss-reactive ketones (excluding diaryl/α,β-unsaturated/α-hetero) is 1. The third-order valence-corrected chi connectivity index (χ3v) is 5.42. The summed E-state index contributed by atoms with van der Waals surface area (Å²) in [5.41, 5.74) is 0. The predicted octanol–water partition coefficient (Wildman–Crippen LogP) is 0.617. The first-order chi connectivity index (χ1) is 8.95. The van der Waals surface area contributed by atoms with Gasteiger partial charge in [0.1, 0.15) is 5.78 Å². The predicted molar refractivity (Wildman–Crippen MR) is 74.4 cm³/mol. The summed E-state index contributed by atoms with van der Waals surface area (Å²) in [5.74, 6) is 1.00. The lowest BCUT2D eigenvalue weighted by Crippen LogP contribution is -2.39. The van der Waals surface area contributed by atoms with Gasteiger partial charge < -0.3 is 5.32 Å². The minimum atomic E-state index is -3.10. The Balaban J connectivity index is 1.79. The van der Waals surface area contributed by atoms with Crippen LogP contribution >= 0.6 is 0 Å². The van der Waals surface area contributed by atoms with Crippen molar-refractivity contribution in [3.05, 3.63) is 0 Å². The van der Waals surface area contributed by atoms with Gasteiger partial charge in [0.15, 0.2) is 0 Å². The fourth-order valence-corrected chi connectivity index (χ4v) is 4.05. The van der Waals surface area contributed by atoms with Crippen molar-refractivity contribution in [1.29, 1.82) is 0 Å². The van der Waals surface area contributed by atoms with E-state index in [-0.39, 0.29) is 5.92 Å². The highest BCUT2D eigenvalue weighted by Crippen LogP contribution is 2.23. The highest BCUT2D eigenvalue weighted by Gasteiger charge is 2.28. The molecule has 6 heteroatoms. The van der Waals surface area contributed by atoms with E-state index in [9.17, 15) is 13.2 Å². The van der Waals surface area contributed by atoms with Crippen LogP contribution in [0.15, 0.2) is 0 Å². The maximum absolute atomic E-state index is 12.0. The van der Waals surface area contributed by atoms with Crippen molar-refractivity contribution in [1.82, 2.24) is 9.62 Å². The number of hydrogen-bond donors (Lipinski definition) is 1. The van der Waals surface area contributed by atoms with Crippen LogP contribution in [0.5, 0.6) is 0 Å². The van der Waals surface area contributed by atoms with Gasteiger partial charge in [0.2, 0.25) is 10.0 Å². The highest BCUT2D eigenvalue weighted by molar-refractivity contribution is 7.88. The number of rotatable bonds is 5. The quantitative estimate of drug-likeness (QED) is 0.805. The first-order valence-electron chi connectivity index (χ1n) is 7.12. The van der Waals surface area contributed by atoms with E-state index in [4.69, 9.17) is 0 Å². The molecule has 2 unspecified atom stereocenters. The van der Waals surface area contributed by atoms with Gasteiger partial charge in [-0.1, -0.05) is 0 Å². The molecule has 19 heavy (non-hydrogen) atoms. The Bertz CT molecular complexity index is 416. The van der Waals surface area contributed by atoms with Gasteiger partial charge in [-0.2, -0.15) is 0 Å². The van der Waals surface area contributed by atoms with E-state index < -0.39 is 10.0 Å². The van der Waals surface area contributed by atoms with E-state index in [1.54, 1.807) is 0 Å². The van der Waals surface area contributed by atoms with Crippen LogP contribution in [0, 0.1) is 11.8 Å². The zero-order chi connectivity index (χ0) is 13.9. The van der Waals surface area contributed by atoms with Crippen LogP contribution in [0.1, 0.15) is 32.1 Å². The molecule has 2 rings (SSSR count). The van der Waals surface area contributed by atoms with Crippen molar-refractivity contribution < 1.29 is 13.2 Å². The Kier molecular flexibility index (Phi) is 4.97. The third kappa shape index (κ3) is 4.54. The number of ketones is 1. The minimum Gasteiger partial charge on any atom is -0.316 e. The molecule has 1 N–H and O–H groups in total. The number of hydrogen-bond acceptors (Lipinski definition) is 4. The normalized spacial score (nSPS) is 29.5.